The van der Waals surface area contributed by atoms with Crippen molar-refractivity contribution in [3.05, 3.63) is 0 Å². The lowest BCUT2D eigenvalue weighted by Crippen LogP contribution is -2.42. The van der Waals surface area contributed by atoms with Gasteiger partial charge in [0.2, 0.25) is 0 Å². The number of rotatable bonds is 5. The number of likely N-dealkylation sites (tertiary alicyclic amines) is 1. The van der Waals surface area contributed by atoms with Crippen LogP contribution in [0.2, 0.25) is 0 Å². The topological polar surface area (TPSA) is 75.8 Å². The summed E-state index contributed by atoms with van der Waals surface area (Å²) in [5.74, 6) is 0.515. The number of aliphatic hydroxyl groups excluding tert-OH is 1. The molecule has 5 heteroatoms. The molecule has 0 radical (unpaired) electrons. The summed E-state index contributed by atoms with van der Waals surface area (Å²) in [6, 6.07) is 0. The normalized spacial score (nSPS) is 21.6. The molecule has 1 aliphatic heterocycles. The highest BCUT2D eigenvalue weighted by molar-refractivity contribution is 5.68. The molecule has 0 aromatic carbocycles. The Labute approximate surface area is 122 Å². The molecule has 20 heavy (non-hydrogen) atoms. The zero-order valence-electron chi connectivity index (χ0n) is 13.1. The van der Waals surface area contributed by atoms with Gasteiger partial charge in [0.05, 0.1) is 6.10 Å². The number of piperidine rings is 1. The van der Waals surface area contributed by atoms with Crippen LogP contribution in [0.3, 0.4) is 0 Å². The van der Waals surface area contributed by atoms with Crippen LogP contribution in [-0.2, 0) is 4.74 Å². The Hall–Kier alpha value is -0.810. The van der Waals surface area contributed by atoms with Crippen molar-refractivity contribution >= 4 is 6.09 Å². The first-order chi connectivity index (χ1) is 9.31. The molecule has 1 rings (SSSR count). The van der Waals surface area contributed by atoms with Crippen LogP contribution in [0.4, 0.5) is 4.79 Å². The third-order valence-corrected chi connectivity index (χ3v) is 3.59. The lowest BCUT2D eigenvalue weighted by molar-refractivity contribution is 0.0158. The average molecular weight is 286 g/mol. The van der Waals surface area contributed by atoms with Crippen LogP contribution < -0.4 is 5.73 Å². The highest BCUT2D eigenvalue weighted by atomic mass is 16.6. The number of aliphatic hydroxyl groups is 1. The molecule has 0 aromatic rings. The van der Waals surface area contributed by atoms with Gasteiger partial charge in [-0.1, -0.05) is 6.42 Å². The van der Waals surface area contributed by atoms with E-state index in [1.807, 2.05) is 25.7 Å². The lowest BCUT2D eigenvalue weighted by atomic mass is 9.92. The summed E-state index contributed by atoms with van der Waals surface area (Å²) < 4.78 is 5.42. The fraction of sp³-hybridized carbons (Fsp3) is 0.933. The SMILES string of the molecule is CC(C)(C)OC(=O)N1CCCC(CCCC(O)CN)C1. The van der Waals surface area contributed by atoms with Gasteiger partial charge in [-0.25, -0.2) is 4.79 Å². The van der Waals surface area contributed by atoms with E-state index in [-0.39, 0.29) is 12.2 Å². The summed E-state index contributed by atoms with van der Waals surface area (Å²) in [4.78, 5) is 13.9. The molecular weight excluding hydrogens is 256 g/mol. The van der Waals surface area contributed by atoms with Crippen molar-refractivity contribution < 1.29 is 14.6 Å². The van der Waals surface area contributed by atoms with Crippen LogP contribution in [0, 0.1) is 5.92 Å². The van der Waals surface area contributed by atoms with Gasteiger partial charge < -0.3 is 20.5 Å². The number of carbonyl (C=O) groups excluding carboxylic acids is 1. The quantitative estimate of drug-likeness (QED) is 0.811. The van der Waals surface area contributed by atoms with Gasteiger partial charge in [-0.3, -0.25) is 0 Å². The maximum Gasteiger partial charge on any atom is 0.410 e. The summed E-state index contributed by atoms with van der Waals surface area (Å²) in [6.07, 6.45) is 4.34. The Morgan fingerprint density at radius 1 is 1.50 bits per heavy atom. The maximum atomic E-state index is 12.0. The van der Waals surface area contributed by atoms with E-state index in [2.05, 4.69) is 0 Å². The van der Waals surface area contributed by atoms with E-state index in [0.717, 1.165) is 45.2 Å². The summed E-state index contributed by atoms with van der Waals surface area (Å²) in [5, 5.41) is 9.45. The number of carbonyl (C=O) groups is 1. The summed E-state index contributed by atoms with van der Waals surface area (Å²) in [7, 11) is 0. The second kappa shape index (κ2) is 7.84. The second-order valence-electron chi connectivity index (χ2n) is 6.76. The second-order valence-corrected chi connectivity index (χ2v) is 6.76. The largest absolute Gasteiger partial charge is 0.444 e. The van der Waals surface area contributed by atoms with Crippen molar-refractivity contribution in [2.24, 2.45) is 11.7 Å². The number of hydrogen-bond donors (Lipinski definition) is 2. The highest BCUT2D eigenvalue weighted by Crippen LogP contribution is 2.23. The zero-order chi connectivity index (χ0) is 15.2. The van der Waals surface area contributed by atoms with Crippen molar-refractivity contribution in [2.75, 3.05) is 19.6 Å². The number of nitrogens with two attached hydrogens (primary N) is 1. The molecule has 1 saturated heterocycles. The van der Waals surface area contributed by atoms with E-state index < -0.39 is 5.60 Å². The van der Waals surface area contributed by atoms with E-state index in [1.54, 1.807) is 0 Å². The van der Waals surface area contributed by atoms with Crippen molar-refractivity contribution in [3.63, 3.8) is 0 Å². The maximum absolute atomic E-state index is 12.0. The van der Waals surface area contributed by atoms with E-state index in [4.69, 9.17) is 10.5 Å². The van der Waals surface area contributed by atoms with Crippen LogP contribution in [0.15, 0.2) is 0 Å². The smallest absolute Gasteiger partial charge is 0.410 e. The molecule has 2 atom stereocenters. The Kier molecular flexibility index (Phi) is 6.76. The standard InChI is InChI=1S/C15H30N2O3/c1-15(2,3)20-14(19)17-9-5-7-12(11-17)6-4-8-13(18)10-16/h12-13,18H,4-11,16H2,1-3H3. The minimum Gasteiger partial charge on any atom is -0.444 e. The number of nitrogens with zero attached hydrogens (tertiary/aromatic N) is 1. The van der Waals surface area contributed by atoms with E-state index in [9.17, 15) is 9.90 Å². The summed E-state index contributed by atoms with van der Waals surface area (Å²) in [6.45, 7) is 7.56. The van der Waals surface area contributed by atoms with Gasteiger partial charge in [-0.05, 0) is 52.4 Å². The molecule has 0 bridgehead atoms. The fourth-order valence-corrected chi connectivity index (χ4v) is 2.55. The fourth-order valence-electron chi connectivity index (χ4n) is 2.55. The molecule has 0 aromatic heterocycles. The number of ether oxygens (including phenoxy) is 1. The molecule has 1 amide bonds. The third-order valence-electron chi connectivity index (χ3n) is 3.59. The first kappa shape index (κ1) is 17.2. The Morgan fingerprint density at radius 3 is 2.80 bits per heavy atom. The highest BCUT2D eigenvalue weighted by Gasteiger charge is 2.27. The lowest BCUT2D eigenvalue weighted by Gasteiger charge is -2.34. The van der Waals surface area contributed by atoms with E-state index in [1.165, 1.54) is 0 Å². The minimum atomic E-state index is -0.435. The summed E-state index contributed by atoms with van der Waals surface area (Å²) in [5.41, 5.74) is 4.96. The average Bonchev–Trinajstić information content (AvgIpc) is 2.37. The molecule has 0 aliphatic carbocycles. The van der Waals surface area contributed by atoms with Crippen molar-refractivity contribution in [3.8, 4) is 0 Å². The Bertz CT molecular complexity index is 302. The minimum absolute atomic E-state index is 0.204. The Balaban J connectivity index is 2.33. The molecular formula is C15H30N2O3. The van der Waals surface area contributed by atoms with Crippen molar-refractivity contribution in [2.45, 2.75) is 64.6 Å². The van der Waals surface area contributed by atoms with Gasteiger partial charge in [0.25, 0.3) is 0 Å². The van der Waals surface area contributed by atoms with E-state index in [0.29, 0.717) is 12.5 Å². The van der Waals surface area contributed by atoms with Gasteiger partial charge in [0.15, 0.2) is 0 Å². The first-order valence-corrected chi connectivity index (χ1v) is 7.68. The molecule has 1 fully saturated rings. The summed E-state index contributed by atoms with van der Waals surface area (Å²) >= 11 is 0. The van der Waals surface area contributed by atoms with Gasteiger partial charge in [0.1, 0.15) is 5.60 Å². The Morgan fingerprint density at radius 2 is 2.20 bits per heavy atom. The molecule has 2 unspecified atom stereocenters. The first-order valence-electron chi connectivity index (χ1n) is 7.68. The van der Waals surface area contributed by atoms with Crippen LogP contribution in [0.1, 0.15) is 52.9 Å². The molecule has 0 saturated carbocycles. The van der Waals surface area contributed by atoms with Crippen LogP contribution in [0.25, 0.3) is 0 Å². The number of hydrogen-bond acceptors (Lipinski definition) is 4. The zero-order valence-corrected chi connectivity index (χ0v) is 13.1. The van der Waals surface area contributed by atoms with Crippen molar-refractivity contribution in [1.82, 2.24) is 4.90 Å². The van der Waals surface area contributed by atoms with Crippen LogP contribution in [-0.4, -0.2) is 47.4 Å². The molecule has 3 N–H and O–H groups in total. The monoisotopic (exact) mass is 286 g/mol. The van der Waals surface area contributed by atoms with Gasteiger partial charge in [-0.2, -0.15) is 0 Å². The predicted octanol–water partition coefficient (Wildman–Crippen LogP) is 2.12. The number of amides is 1. The van der Waals surface area contributed by atoms with Crippen molar-refractivity contribution in [1.29, 1.82) is 0 Å². The van der Waals surface area contributed by atoms with Gasteiger partial charge >= 0.3 is 6.09 Å². The van der Waals surface area contributed by atoms with Gasteiger partial charge in [-0.15, -0.1) is 0 Å². The molecule has 1 aliphatic rings. The molecule has 5 nitrogen and oxygen atoms in total. The predicted molar refractivity (Wildman–Crippen MR) is 79.4 cm³/mol. The molecule has 118 valence electrons. The van der Waals surface area contributed by atoms with Crippen LogP contribution >= 0.6 is 0 Å². The van der Waals surface area contributed by atoms with E-state index >= 15 is 0 Å². The van der Waals surface area contributed by atoms with Gasteiger partial charge in [0, 0.05) is 19.6 Å². The molecule has 0 spiro atoms. The molecule has 1 heterocycles. The van der Waals surface area contributed by atoms with Crippen LogP contribution in [0.5, 0.6) is 0 Å². The third kappa shape index (κ3) is 6.57.